The Kier molecular flexibility index (Phi) is 11.8. The molecule has 2 aliphatic heterocycles. The predicted molar refractivity (Wildman–Crippen MR) is 156 cm³/mol. The van der Waals surface area contributed by atoms with Crippen molar-refractivity contribution in [1.29, 1.82) is 0 Å². The summed E-state index contributed by atoms with van der Waals surface area (Å²) in [4.78, 5) is 14.5. The molecule has 1 aromatic rings. The average molecular weight is 557 g/mol. The molecule has 1 aromatic carbocycles. The summed E-state index contributed by atoms with van der Waals surface area (Å²) < 4.78 is 24.8. The van der Waals surface area contributed by atoms with Crippen LogP contribution in [0.1, 0.15) is 92.1 Å². The highest BCUT2D eigenvalue weighted by molar-refractivity contribution is 8.18. The van der Waals surface area contributed by atoms with Gasteiger partial charge in [-0.1, -0.05) is 12.2 Å². The molecule has 5 nitrogen and oxygen atoms in total. The SMILES string of the molecule is CCO[P+]1([O-])OC(C)CCCC2(CCC/C=C/c3cc(OC(C)C)cc(OC(C)C)c31)SCCCS2. The zero-order chi connectivity index (χ0) is 26.2. The number of rotatable bonds is 6. The van der Waals surface area contributed by atoms with Crippen LogP contribution in [0, 0.1) is 0 Å². The van der Waals surface area contributed by atoms with E-state index >= 15 is 0 Å². The Bertz CT molecular complexity index is 857. The number of ether oxygens (including phenoxy) is 2. The summed E-state index contributed by atoms with van der Waals surface area (Å²) in [5.41, 5.74) is 0.779. The second-order valence-corrected chi connectivity index (χ2v) is 15.3. The van der Waals surface area contributed by atoms with Gasteiger partial charge in [0, 0.05) is 11.6 Å². The molecule has 1 fully saturated rings. The predicted octanol–water partition coefficient (Wildman–Crippen LogP) is 7.38. The summed E-state index contributed by atoms with van der Waals surface area (Å²) in [5, 5.41) is 0.504. The summed E-state index contributed by atoms with van der Waals surface area (Å²) in [7, 11) is -3.67. The van der Waals surface area contributed by atoms with E-state index in [0.717, 1.165) is 37.7 Å². The highest BCUT2D eigenvalue weighted by Gasteiger charge is 2.42. The van der Waals surface area contributed by atoms with Crippen molar-refractivity contribution < 1.29 is 23.4 Å². The highest BCUT2D eigenvalue weighted by atomic mass is 32.2. The molecule has 2 aliphatic rings. The topological polar surface area (TPSA) is 60.0 Å². The summed E-state index contributed by atoms with van der Waals surface area (Å²) in [6.07, 6.45) is 11.6. The third kappa shape index (κ3) is 8.54. The van der Waals surface area contributed by atoms with Crippen molar-refractivity contribution in [1.82, 2.24) is 0 Å². The molecular formula is C28H45O5PS2. The van der Waals surface area contributed by atoms with Gasteiger partial charge in [-0.25, -0.2) is 9.05 Å². The lowest BCUT2D eigenvalue weighted by Crippen LogP contribution is -2.33. The number of allylic oxidation sites excluding steroid dienone is 1. The van der Waals surface area contributed by atoms with E-state index in [1.165, 1.54) is 24.3 Å². The third-order valence-corrected chi connectivity index (χ3v) is 11.9. The van der Waals surface area contributed by atoms with Crippen LogP contribution in [0.3, 0.4) is 0 Å². The molecule has 0 saturated carbocycles. The van der Waals surface area contributed by atoms with Crippen molar-refractivity contribution in [3.63, 3.8) is 0 Å². The van der Waals surface area contributed by atoms with Crippen LogP contribution in [0.4, 0.5) is 0 Å². The van der Waals surface area contributed by atoms with Crippen molar-refractivity contribution in [2.45, 2.75) is 109 Å². The lowest BCUT2D eigenvalue weighted by molar-refractivity contribution is -0.217. The first-order valence-electron chi connectivity index (χ1n) is 13.6. The molecule has 3 rings (SSSR count). The van der Waals surface area contributed by atoms with Crippen LogP contribution in [-0.2, 0) is 9.05 Å². The first-order chi connectivity index (χ1) is 17.2. The second-order valence-electron chi connectivity index (χ2n) is 10.2. The molecule has 0 aliphatic carbocycles. The number of hydrogen-bond donors (Lipinski definition) is 0. The maximum Gasteiger partial charge on any atom is 0.275 e. The first-order valence-corrected chi connectivity index (χ1v) is 17.1. The van der Waals surface area contributed by atoms with Crippen LogP contribution in [0.25, 0.3) is 6.08 Å². The average Bonchev–Trinajstić information content (AvgIpc) is 2.78. The third-order valence-electron chi connectivity index (χ3n) is 6.12. The molecule has 2 unspecified atom stereocenters. The molecule has 204 valence electrons. The van der Waals surface area contributed by atoms with E-state index in [2.05, 4.69) is 35.7 Å². The summed E-state index contributed by atoms with van der Waals surface area (Å²) in [6.45, 7) is 12.1. The van der Waals surface area contributed by atoms with Crippen LogP contribution in [0.5, 0.6) is 11.5 Å². The Balaban J connectivity index is 2.05. The van der Waals surface area contributed by atoms with Gasteiger partial charge in [-0.2, -0.15) is 0 Å². The van der Waals surface area contributed by atoms with Crippen LogP contribution >= 0.6 is 31.5 Å². The number of hydrogen-bond acceptors (Lipinski definition) is 7. The van der Waals surface area contributed by atoms with Gasteiger partial charge < -0.3 is 14.4 Å². The van der Waals surface area contributed by atoms with Gasteiger partial charge in [0.25, 0.3) is 7.94 Å². The molecule has 1 saturated heterocycles. The first kappa shape index (κ1) is 30.1. The minimum absolute atomic E-state index is 0.00842. The minimum atomic E-state index is -3.67. The Hall–Kier alpha value is -0.430. The van der Waals surface area contributed by atoms with E-state index in [4.69, 9.17) is 18.5 Å². The van der Waals surface area contributed by atoms with E-state index in [9.17, 15) is 4.89 Å². The Morgan fingerprint density at radius 1 is 1.06 bits per heavy atom. The molecule has 1 spiro atoms. The van der Waals surface area contributed by atoms with Gasteiger partial charge in [-0.05, 0) is 104 Å². The van der Waals surface area contributed by atoms with Gasteiger partial charge in [0.15, 0.2) is 11.1 Å². The van der Waals surface area contributed by atoms with Crippen LogP contribution < -0.4 is 19.7 Å². The lowest BCUT2D eigenvalue weighted by atomic mass is 10.1. The van der Waals surface area contributed by atoms with Crippen molar-refractivity contribution >= 4 is 42.8 Å². The maximum atomic E-state index is 14.5. The summed E-state index contributed by atoms with van der Waals surface area (Å²) in [5.74, 6) is 3.70. The molecule has 0 amide bonds. The Morgan fingerprint density at radius 3 is 2.42 bits per heavy atom. The molecule has 2 atom stereocenters. The summed E-state index contributed by atoms with van der Waals surface area (Å²) >= 11 is 4.29. The van der Waals surface area contributed by atoms with Crippen LogP contribution in [-0.4, -0.2) is 40.5 Å². The van der Waals surface area contributed by atoms with Gasteiger partial charge in [0.05, 0.1) is 22.9 Å². The molecule has 0 N–H and O–H groups in total. The maximum absolute atomic E-state index is 14.5. The van der Waals surface area contributed by atoms with E-state index in [1.807, 2.05) is 53.7 Å². The van der Waals surface area contributed by atoms with Crippen LogP contribution in [0.2, 0.25) is 0 Å². The fourth-order valence-electron chi connectivity index (χ4n) is 4.70. The number of thioether (sulfide) groups is 2. The van der Waals surface area contributed by atoms with E-state index in [0.29, 0.717) is 20.9 Å². The van der Waals surface area contributed by atoms with Gasteiger partial charge in [0.1, 0.15) is 11.9 Å². The zero-order valence-electron chi connectivity index (χ0n) is 22.9. The second kappa shape index (κ2) is 14.1. The number of fused-ring (bicyclic) bond motifs is 1. The Morgan fingerprint density at radius 2 is 1.75 bits per heavy atom. The zero-order valence-corrected chi connectivity index (χ0v) is 25.4. The van der Waals surface area contributed by atoms with Crippen molar-refractivity contribution in [2.24, 2.45) is 0 Å². The lowest BCUT2D eigenvalue weighted by Gasteiger charge is -2.37. The standard InChI is InChI=1S/C28H45O5PS2/c1-7-30-34(29)27-24(19-25(31-21(2)3)20-26(27)32-22(4)5)14-9-8-10-15-28(35-17-12-18-36-28)16-11-13-23(6)33-34/h9,14,19-23H,7-8,10-13,15-18H2,1-6H3/b14-9+. The van der Waals surface area contributed by atoms with Crippen LogP contribution in [0.15, 0.2) is 18.2 Å². The quantitative estimate of drug-likeness (QED) is 0.339. The molecule has 8 heteroatoms. The van der Waals surface area contributed by atoms with Crippen molar-refractivity contribution in [3.05, 3.63) is 23.8 Å². The molecule has 36 heavy (non-hydrogen) atoms. The fraction of sp³-hybridized carbons (Fsp3) is 0.714. The largest absolute Gasteiger partial charge is 0.627 e. The molecule has 0 radical (unpaired) electrons. The monoisotopic (exact) mass is 556 g/mol. The number of benzene rings is 1. The van der Waals surface area contributed by atoms with Gasteiger partial charge in [-0.15, -0.1) is 23.5 Å². The Labute approximate surface area is 228 Å². The molecule has 2 heterocycles. The normalized spacial score (nSPS) is 26.4. The van der Waals surface area contributed by atoms with Gasteiger partial charge in [-0.3, -0.25) is 0 Å². The van der Waals surface area contributed by atoms with Crippen molar-refractivity contribution in [2.75, 3.05) is 18.1 Å². The molecule has 0 bridgehead atoms. The fourth-order valence-corrected chi connectivity index (χ4v) is 10.3. The molecular weight excluding hydrogens is 511 g/mol. The highest BCUT2D eigenvalue weighted by Crippen LogP contribution is 2.57. The van der Waals surface area contributed by atoms with Gasteiger partial charge in [0.2, 0.25) is 0 Å². The van der Waals surface area contributed by atoms with Gasteiger partial charge >= 0.3 is 0 Å². The van der Waals surface area contributed by atoms with E-state index in [-0.39, 0.29) is 24.9 Å². The smallest absolute Gasteiger partial charge is 0.275 e. The summed E-state index contributed by atoms with van der Waals surface area (Å²) in [6, 6.07) is 3.77. The van der Waals surface area contributed by atoms with E-state index < -0.39 is 7.94 Å². The van der Waals surface area contributed by atoms with E-state index in [1.54, 1.807) is 0 Å². The van der Waals surface area contributed by atoms with Crippen molar-refractivity contribution in [3.8, 4) is 11.5 Å². The molecule has 0 aromatic heterocycles. The minimum Gasteiger partial charge on any atom is -0.627 e.